The number of thioether (sulfide) groups is 1. The highest BCUT2D eigenvalue weighted by Crippen LogP contribution is 2.19. The summed E-state index contributed by atoms with van der Waals surface area (Å²) in [5, 5.41) is 9.82. The molecule has 2 aromatic carbocycles. The second-order valence-corrected chi connectivity index (χ2v) is 5.52. The number of aliphatic hydroxyl groups is 1. The summed E-state index contributed by atoms with van der Waals surface area (Å²) < 4.78 is 18.4. The third-order valence-electron chi connectivity index (χ3n) is 2.66. The van der Waals surface area contributed by atoms with Crippen molar-refractivity contribution >= 4 is 11.8 Å². The average molecular weight is 292 g/mol. The summed E-state index contributed by atoms with van der Waals surface area (Å²) in [4.78, 5) is 0.812. The molecule has 0 aliphatic heterocycles. The first kappa shape index (κ1) is 15.0. The summed E-state index contributed by atoms with van der Waals surface area (Å²) in [7, 11) is 0. The lowest BCUT2D eigenvalue weighted by molar-refractivity contribution is 0.0398. The van der Waals surface area contributed by atoms with Gasteiger partial charge < -0.3 is 9.84 Å². The summed E-state index contributed by atoms with van der Waals surface area (Å²) in [5.41, 5.74) is 1.08. The first-order chi connectivity index (χ1) is 9.74. The molecule has 0 heterocycles. The van der Waals surface area contributed by atoms with Crippen LogP contribution in [0.4, 0.5) is 4.39 Å². The van der Waals surface area contributed by atoms with Crippen molar-refractivity contribution in [3.05, 3.63) is 66.0 Å². The zero-order valence-electron chi connectivity index (χ0n) is 11.0. The van der Waals surface area contributed by atoms with Gasteiger partial charge in [0.1, 0.15) is 5.82 Å². The van der Waals surface area contributed by atoms with E-state index in [2.05, 4.69) is 0 Å². The fourth-order valence-corrected chi connectivity index (χ4v) is 2.54. The van der Waals surface area contributed by atoms with Gasteiger partial charge in [-0.25, -0.2) is 4.39 Å². The largest absolute Gasteiger partial charge is 0.390 e. The lowest BCUT2D eigenvalue weighted by Crippen LogP contribution is -2.17. The second-order valence-electron chi connectivity index (χ2n) is 4.42. The summed E-state index contributed by atoms with van der Waals surface area (Å²) in [6.07, 6.45) is -0.563. The van der Waals surface area contributed by atoms with Crippen LogP contribution in [-0.4, -0.2) is 23.6 Å². The van der Waals surface area contributed by atoms with Gasteiger partial charge in [0.15, 0.2) is 0 Å². The van der Waals surface area contributed by atoms with Crippen LogP contribution in [0.1, 0.15) is 5.56 Å². The lowest BCUT2D eigenvalue weighted by atomic mass is 10.2. The fraction of sp³-hybridized carbons (Fsp3) is 0.250. The van der Waals surface area contributed by atoms with E-state index in [0.29, 0.717) is 12.4 Å². The number of ether oxygens (including phenoxy) is 1. The highest BCUT2D eigenvalue weighted by atomic mass is 32.2. The third-order valence-corrected chi connectivity index (χ3v) is 3.80. The van der Waals surface area contributed by atoms with Gasteiger partial charge in [-0.15, -0.1) is 11.8 Å². The smallest absolute Gasteiger partial charge is 0.124 e. The Hall–Kier alpha value is -1.36. The van der Waals surface area contributed by atoms with Crippen LogP contribution in [0, 0.1) is 5.82 Å². The molecule has 0 saturated carbocycles. The van der Waals surface area contributed by atoms with Gasteiger partial charge in [-0.1, -0.05) is 36.4 Å². The highest BCUT2D eigenvalue weighted by Gasteiger charge is 2.06. The minimum atomic E-state index is -0.563. The van der Waals surface area contributed by atoms with Crippen LogP contribution in [0.5, 0.6) is 0 Å². The Kier molecular flexibility index (Phi) is 6.05. The molecule has 2 aromatic rings. The standard InChI is InChI=1S/C16H17FO2S/c17-14-7-4-8-16(9-14)20-12-15(18)11-19-10-13-5-2-1-3-6-13/h1-9,15,18H,10-12H2. The maximum Gasteiger partial charge on any atom is 0.124 e. The van der Waals surface area contributed by atoms with Gasteiger partial charge >= 0.3 is 0 Å². The van der Waals surface area contributed by atoms with Crippen molar-refractivity contribution in [2.75, 3.05) is 12.4 Å². The van der Waals surface area contributed by atoms with Crippen LogP contribution in [-0.2, 0) is 11.3 Å². The molecule has 106 valence electrons. The van der Waals surface area contributed by atoms with Gasteiger partial charge in [0, 0.05) is 10.6 Å². The van der Waals surface area contributed by atoms with Crippen molar-refractivity contribution < 1.29 is 14.2 Å². The first-order valence-electron chi connectivity index (χ1n) is 6.42. The van der Waals surface area contributed by atoms with Crippen LogP contribution in [0.3, 0.4) is 0 Å². The lowest BCUT2D eigenvalue weighted by Gasteiger charge is -2.11. The van der Waals surface area contributed by atoms with Crippen molar-refractivity contribution in [3.63, 3.8) is 0 Å². The van der Waals surface area contributed by atoms with E-state index in [1.165, 1.54) is 23.9 Å². The van der Waals surface area contributed by atoms with Gasteiger partial charge in [0.25, 0.3) is 0 Å². The molecule has 0 aromatic heterocycles. The maximum atomic E-state index is 13.0. The van der Waals surface area contributed by atoms with Crippen LogP contribution in [0.2, 0.25) is 0 Å². The zero-order chi connectivity index (χ0) is 14.2. The first-order valence-corrected chi connectivity index (χ1v) is 7.41. The molecule has 1 N–H and O–H groups in total. The summed E-state index contributed by atoms with van der Waals surface area (Å²) >= 11 is 1.42. The Morgan fingerprint density at radius 1 is 1.10 bits per heavy atom. The molecule has 0 amide bonds. The number of halogens is 1. The molecule has 4 heteroatoms. The molecular weight excluding hydrogens is 275 g/mol. The molecule has 2 rings (SSSR count). The van der Waals surface area contributed by atoms with Crippen molar-refractivity contribution in [2.45, 2.75) is 17.6 Å². The molecule has 1 atom stereocenters. The number of hydrogen-bond donors (Lipinski definition) is 1. The molecule has 0 bridgehead atoms. The van der Waals surface area contributed by atoms with Crippen LogP contribution in [0.25, 0.3) is 0 Å². The van der Waals surface area contributed by atoms with Crippen LogP contribution < -0.4 is 0 Å². The molecule has 0 radical (unpaired) electrons. The SMILES string of the molecule is OC(COCc1ccccc1)CSc1cccc(F)c1. The van der Waals surface area contributed by atoms with Crippen LogP contribution in [0.15, 0.2) is 59.5 Å². The number of rotatable bonds is 7. The Morgan fingerprint density at radius 3 is 2.65 bits per heavy atom. The van der Waals surface area contributed by atoms with E-state index in [9.17, 15) is 9.50 Å². The van der Waals surface area contributed by atoms with Crippen LogP contribution >= 0.6 is 11.8 Å². The highest BCUT2D eigenvalue weighted by molar-refractivity contribution is 7.99. The summed E-state index contributed by atoms with van der Waals surface area (Å²) in [6.45, 7) is 0.764. The topological polar surface area (TPSA) is 29.5 Å². The summed E-state index contributed by atoms with van der Waals surface area (Å²) in [5.74, 6) is 0.225. The number of hydrogen-bond acceptors (Lipinski definition) is 3. The molecule has 1 unspecified atom stereocenters. The van der Waals surface area contributed by atoms with Gasteiger partial charge in [0.2, 0.25) is 0 Å². The number of aliphatic hydroxyl groups excluding tert-OH is 1. The van der Waals surface area contributed by atoms with Gasteiger partial charge in [0.05, 0.1) is 19.3 Å². The van der Waals surface area contributed by atoms with E-state index in [-0.39, 0.29) is 12.4 Å². The molecular formula is C16H17FO2S. The minimum Gasteiger partial charge on any atom is -0.390 e. The molecule has 0 spiro atoms. The normalized spacial score (nSPS) is 12.3. The Labute approximate surface area is 122 Å². The molecule has 20 heavy (non-hydrogen) atoms. The number of benzene rings is 2. The van der Waals surface area contributed by atoms with Gasteiger partial charge in [-0.05, 0) is 23.8 Å². The quantitative estimate of drug-likeness (QED) is 0.792. The van der Waals surface area contributed by atoms with E-state index < -0.39 is 6.10 Å². The molecule has 2 nitrogen and oxygen atoms in total. The maximum absolute atomic E-state index is 13.0. The van der Waals surface area contributed by atoms with E-state index >= 15 is 0 Å². The van der Waals surface area contributed by atoms with E-state index in [1.807, 2.05) is 36.4 Å². The molecule has 0 aliphatic carbocycles. The summed E-state index contributed by atoms with van der Waals surface area (Å²) in [6, 6.07) is 16.2. The molecule has 0 aliphatic rings. The molecule has 0 fully saturated rings. The Balaban J connectivity index is 1.67. The van der Waals surface area contributed by atoms with E-state index in [0.717, 1.165) is 10.5 Å². The van der Waals surface area contributed by atoms with E-state index in [1.54, 1.807) is 6.07 Å². The fourth-order valence-electron chi connectivity index (χ4n) is 1.68. The van der Waals surface area contributed by atoms with Gasteiger partial charge in [-0.3, -0.25) is 0 Å². The predicted molar refractivity (Wildman–Crippen MR) is 79.2 cm³/mol. The minimum absolute atomic E-state index is 0.259. The van der Waals surface area contributed by atoms with Crippen molar-refractivity contribution in [3.8, 4) is 0 Å². The monoisotopic (exact) mass is 292 g/mol. The Morgan fingerprint density at radius 2 is 1.90 bits per heavy atom. The van der Waals surface area contributed by atoms with Crippen molar-refractivity contribution in [1.82, 2.24) is 0 Å². The Bertz CT molecular complexity index is 519. The zero-order valence-corrected chi connectivity index (χ0v) is 11.9. The molecule has 0 saturated heterocycles. The third kappa shape index (κ3) is 5.33. The second kappa shape index (κ2) is 8.04. The van der Waals surface area contributed by atoms with Crippen molar-refractivity contribution in [1.29, 1.82) is 0 Å². The van der Waals surface area contributed by atoms with Crippen molar-refractivity contribution in [2.24, 2.45) is 0 Å². The van der Waals surface area contributed by atoms with Gasteiger partial charge in [-0.2, -0.15) is 0 Å². The predicted octanol–water partition coefficient (Wildman–Crippen LogP) is 3.50. The van der Waals surface area contributed by atoms with E-state index in [4.69, 9.17) is 4.74 Å². The average Bonchev–Trinajstić information content (AvgIpc) is 2.46.